The van der Waals surface area contributed by atoms with Crippen LogP contribution in [0.25, 0.3) is 0 Å². The molecule has 8 heteroatoms. The maximum atomic E-state index is 12.8. The molecule has 0 aliphatic carbocycles. The van der Waals surface area contributed by atoms with Crippen LogP contribution in [0.2, 0.25) is 0 Å². The van der Waals surface area contributed by atoms with Crippen LogP contribution < -0.4 is 15.4 Å². The summed E-state index contributed by atoms with van der Waals surface area (Å²) in [7, 11) is 3.38. The summed E-state index contributed by atoms with van der Waals surface area (Å²) in [5.74, 6) is 6.79. The summed E-state index contributed by atoms with van der Waals surface area (Å²) >= 11 is 0. The Hall–Kier alpha value is -4.09. The Balaban J connectivity index is 1.84. The molecule has 0 saturated heterocycles. The Kier molecular flexibility index (Phi) is 8.43. The SMILES string of the molecule is CCC(=O)Nc1ccc(C#Cc2cc(O[C@@H](C)COC)cc(C(=O)Nc3ccn(C)n3)c2)cc1. The van der Waals surface area contributed by atoms with E-state index in [0.29, 0.717) is 41.4 Å². The number of carbonyl (C=O) groups is 2. The monoisotopic (exact) mass is 460 g/mol. The Morgan fingerprint density at radius 3 is 2.44 bits per heavy atom. The number of amides is 2. The van der Waals surface area contributed by atoms with Crippen molar-refractivity contribution in [3.8, 4) is 17.6 Å². The Morgan fingerprint density at radius 1 is 1.06 bits per heavy atom. The fourth-order valence-corrected chi connectivity index (χ4v) is 3.07. The zero-order chi connectivity index (χ0) is 24.5. The number of rotatable bonds is 8. The second-order valence-corrected chi connectivity index (χ2v) is 7.69. The summed E-state index contributed by atoms with van der Waals surface area (Å²) in [6.45, 7) is 4.09. The largest absolute Gasteiger partial charge is 0.488 e. The van der Waals surface area contributed by atoms with E-state index in [1.165, 1.54) is 0 Å². The fraction of sp³-hybridized carbons (Fsp3) is 0.269. The molecule has 3 rings (SSSR count). The molecule has 34 heavy (non-hydrogen) atoms. The first-order valence-corrected chi connectivity index (χ1v) is 10.9. The van der Waals surface area contributed by atoms with E-state index in [-0.39, 0.29) is 17.9 Å². The third kappa shape index (κ3) is 7.22. The highest BCUT2D eigenvalue weighted by atomic mass is 16.5. The Bertz CT molecular complexity index is 1210. The number of ether oxygens (including phenoxy) is 2. The predicted molar refractivity (Wildman–Crippen MR) is 131 cm³/mol. The molecule has 1 aromatic heterocycles. The average molecular weight is 461 g/mol. The molecule has 0 spiro atoms. The Labute approximate surface area is 199 Å². The highest BCUT2D eigenvalue weighted by Crippen LogP contribution is 2.20. The van der Waals surface area contributed by atoms with E-state index in [9.17, 15) is 9.59 Å². The zero-order valence-electron chi connectivity index (χ0n) is 19.7. The van der Waals surface area contributed by atoms with E-state index < -0.39 is 0 Å². The number of methoxy groups -OCH3 is 1. The van der Waals surface area contributed by atoms with Gasteiger partial charge in [0.05, 0.1) is 6.61 Å². The van der Waals surface area contributed by atoms with Crippen molar-refractivity contribution in [2.75, 3.05) is 24.4 Å². The summed E-state index contributed by atoms with van der Waals surface area (Å²) in [5, 5.41) is 9.77. The molecule has 0 saturated carbocycles. The van der Waals surface area contributed by atoms with Gasteiger partial charge in [-0.05, 0) is 49.4 Å². The number of carbonyl (C=O) groups excluding carboxylic acids is 2. The van der Waals surface area contributed by atoms with Gasteiger partial charge in [0.2, 0.25) is 5.91 Å². The van der Waals surface area contributed by atoms with Crippen LogP contribution in [-0.4, -0.2) is 41.4 Å². The van der Waals surface area contributed by atoms with Crippen molar-refractivity contribution in [2.45, 2.75) is 26.4 Å². The second-order valence-electron chi connectivity index (χ2n) is 7.69. The number of benzene rings is 2. The minimum atomic E-state index is -0.317. The van der Waals surface area contributed by atoms with Crippen LogP contribution in [0.4, 0.5) is 11.5 Å². The van der Waals surface area contributed by atoms with Crippen molar-refractivity contribution in [3.05, 3.63) is 71.4 Å². The van der Waals surface area contributed by atoms with Crippen LogP contribution in [0.1, 0.15) is 41.8 Å². The van der Waals surface area contributed by atoms with Crippen molar-refractivity contribution in [2.24, 2.45) is 7.05 Å². The van der Waals surface area contributed by atoms with Gasteiger partial charge in [-0.25, -0.2) is 0 Å². The van der Waals surface area contributed by atoms with Gasteiger partial charge in [0.1, 0.15) is 11.9 Å². The van der Waals surface area contributed by atoms with Crippen LogP contribution in [0.5, 0.6) is 5.75 Å². The normalized spacial score (nSPS) is 11.2. The molecule has 0 radical (unpaired) electrons. The lowest BCUT2D eigenvalue weighted by Gasteiger charge is -2.15. The molecular formula is C26H28N4O4. The molecule has 2 amide bonds. The maximum Gasteiger partial charge on any atom is 0.257 e. The lowest BCUT2D eigenvalue weighted by molar-refractivity contribution is -0.115. The molecule has 0 aliphatic rings. The first-order valence-electron chi connectivity index (χ1n) is 10.9. The average Bonchev–Trinajstić information content (AvgIpc) is 3.22. The molecule has 3 aromatic rings. The minimum Gasteiger partial charge on any atom is -0.488 e. The molecular weight excluding hydrogens is 432 g/mol. The van der Waals surface area contributed by atoms with Crippen molar-refractivity contribution < 1.29 is 19.1 Å². The fourth-order valence-electron chi connectivity index (χ4n) is 3.07. The first kappa shape index (κ1) is 24.6. The van der Waals surface area contributed by atoms with E-state index in [1.807, 2.05) is 19.1 Å². The van der Waals surface area contributed by atoms with Crippen LogP contribution in [-0.2, 0) is 16.6 Å². The molecule has 0 unspecified atom stereocenters. The van der Waals surface area contributed by atoms with Gasteiger partial charge in [-0.2, -0.15) is 5.10 Å². The van der Waals surface area contributed by atoms with Gasteiger partial charge in [0.25, 0.3) is 5.91 Å². The van der Waals surface area contributed by atoms with Crippen LogP contribution >= 0.6 is 0 Å². The quantitative estimate of drug-likeness (QED) is 0.498. The highest BCUT2D eigenvalue weighted by Gasteiger charge is 2.12. The van der Waals surface area contributed by atoms with Crippen molar-refractivity contribution in [1.82, 2.24) is 9.78 Å². The third-order valence-electron chi connectivity index (χ3n) is 4.70. The topological polar surface area (TPSA) is 94.5 Å². The van der Waals surface area contributed by atoms with Gasteiger partial charge in [0.15, 0.2) is 5.82 Å². The molecule has 176 valence electrons. The van der Waals surface area contributed by atoms with E-state index in [0.717, 1.165) is 5.56 Å². The smallest absolute Gasteiger partial charge is 0.257 e. The third-order valence-corrected chi connectivity index (χ3v) is 4.70. The molecule has 2 N–H and O–H groups in total. The maximum absolute atomic E-state index is 12.8. The number of anilines is 2. The number of hydrogen-bond donors (Lipinski definition) is 2. The highest BCUT2D eigenvalue weighted by molar-refractivity contribution is 6.04. The van der Waals surface area contributed by atoms with E-state index in [4.69, 9.17) is 9.47 Å². The summed E-state index contributed by atoms with van der Waals surface area (Å²) < 4.78 is 12.7. The molecule has 0 fully saturated rings. The summed E-state index contributed by atoms with van der Waals surface area (Å²) in [6.07, 6.45) is 1.96. The van der Waals surface area contributed by atoms with Crippen LogP contribution in [0, 0.1) is 11.8 Å². The molecule has 0 aliphatic heterocycles. The lowest BCUT2D eigenvalue weighted by atomic mass is 10.1. The van der Waals surface area contributed by atoms with E-state index in [1.54, 1.807) is 68.4 Å². The Morgan fingerprint density at radius 2 is 1.79 bits per heavy atom. The van der Waals surface area contributed by atoms with Crippen molar-refractivity contribution >= 4 is 23.3 Å². The zero-order valence-corrected chi connectivity index (χ0v) is 19.7. The number of aromatic nitrogens is 2. The van der Waals surface area contributed by atoms with Gasteiger partial charge >= 0.3 is 0 Å². The van der Waals surface area contributed by atoms with Gasteiger partial charge in [-0.3, -0.25) is 14.3 Å². The van der Waals surface area contributed by atoms with Gasteiger partial charge in [0, 0.05) is 55.2 Å². The summed E-state index contributed by atoms with van der Waals surface area (Å²) in [5.41, 5.74) is 2.51. The summed E-state index contributed by atoms with van der Waals surface area (Å²) in [4.78, 5) is 24.4. The lowest BCUT2D eigenvalue weighted by Crippen LogP contribution is -2.19. The van der Waals surface area contributed by atoms with Crippen LogP contribution in [0.3, 0.4) is 0 Å². The molecule has 1 heterocycles. The van der Waals surface area contributed by atoms with Gasteiger partial charge in [-0.15, -0.1) is 0 Å². The minimum absolute atomic E-state index is 0.0464. The molecule has 1 atom stereocenters. The number of nitrogens with one attached hydrogen (secondary N) is 2. The molecule has 8 nitrogen and oxygen atoms in total. The van der Waals surface area contributed by atoms with E-state index in [2.05, 4.69) is 27.6 Å². The standard InChI is InChI=1S/C26H28N4O4/c1-5-25(31)27-22-10-8-19(9-11-22)6-7-20-14-21(16-23(15-20)34-18(2)17-33-4)26(32)28-24-12-13-30(3)29-24/h8-16,18H,5,17H2,1-4H3,(H,27,31)(H,28,29,32)/t18-/m0/s1. The van der Waals surface area contributed by atoms with Crippen molar-refractivity contribution in [3.63, 3.8) is 0 Å². The first-order chi connectivity index (χ1) is 16.4. The summed E-state index contributed by atoms with van der Waals surface area (Å²) in [6, 6.07) is 14.1. The number of nitrogens with zero attached hydrogens (tertiary/aromatic N) is 2. The van der Waals surface area contributed by atoms with E-state index >= 15 is 0 Å². The van der Waals surface area contributed by atoms with Crippen LogP contribution in [0.15, 0.2) is 54.7 Å². The van der Waals surface area contributed by atoms with Crippen molar-refractivity contribution in [1.29, 1.82) is 0 Å². The second kappa shape index (κ2) is 11.7. The van der Waals surface area contributed by atoms with Gasteiger partial charge < -0.3 is 20.1 Å². The van der Waals surface area contributed by atoms with Gasteiger partial charge in [-0.1, -0.05) is 18.8 Å². The number of hydrogen-bond acceptors (Lipinski definition) is 5. The number of aryl methyl sites for hydroxylation is 1. The predicted octanol–water partition coefficient (Wildman–Crippen LogP) is 3.83. The molecule has 0 bridgehead atoms. The molecule has 2 aromatic carbocycles.